The summed E-state index contributed by atoms with van der Waals surface area (Å²) < 4.78 is 10.4. The first-order chi connectivity index (χ1) is 9.69. The molecule has 0 saturated carbocycles. The SMILES string of the molecule is CC(CNC(C)c1ccoc1)CN(C)C(=O)OC(C)(C)C. The van der Waals surface area contributed by atoms with Crippen molar-refractivity contribution in [2.24, 2.45) is 5.92 Å². The fraction of sp³-hybridized carbons (Fsp3) is 0.688. The van der Waals surface area contributed by atoms with Crippen LogP contribution in [0.15, 0.2) is 23.0 Å². The van der Waals surface area contributed by atoms with Crippen molar-refractivity contribution in [2.75, 3.05) is 20.1 Å². The minimum Gasteiger partial charge on any atom is -0.472 e. The average Bonchev–Trinajstić information content (AvgIpc) is 2.87. The lowest BCUT2D eigenvalue weighted by atomic mass is 10.1. The van der Waals surface area contributed by atoms with Crippen molar-refractivity contribution in [3.05, 3.63) is 24.2 Å². The Labute approximate surface area is 127 Å². The van der Waals surface area contributed by atoms with Gasteiger partial charge in [0, 0.05) is 25.2 Å². The minimum atomic E-state index is -0.456. The average molecular weight is 296 g/mol. The summed E-state index contributed by atoms with van der Waals surface area (Å²) in [5.41, 5.74) is 0.672. The zero-order valence-electron chi connectivity index (χ0n) is 14.0. The lowest BCUT2D eigenvalue weighted by Crippen LogP contribution is -2.38. The van der Waals surface area contributed by atoms with Gasteiger partial charge in [0.2, 0.25) is 0 Å². The number of amides is 1. The maximum atomic E-state index is 11.9. The second-order valence-corrected chi connectivity index (χ2v) is 6.65. The third kappa shape index (κ3) is 6.67. The Bertz CT molecular complexity index is 423. The molecule has 0 bridgehead atoms. The number of carbonyl (C=O) groups excluding carboxylic acids is 1. The van der Waals surface area contributed by atoms with E-state index in [0.29, 0.717) is 12.5 Å². The standard InChI is InChI=1S/C16H28N2O3/c1-12(9-17-13(2)14-7-8-20-11-14)10-18(6)15(19)21-16(3,4)5/h7-8,11-13,17H,9-10H2,1-6H3. The first kappa shape index (κ1) is 17.6. The summed E-state index contributed by atoms with van der Waals surface area (Å²) in [6.07, 6.45) is 3.14. The van der Waals surface area contributed by atoms with Crippen LogP contribution in [0.3, 0.4) is 0 Å². The molecule has 0 spiro atoms. The van der Waals surface area contributed by atoms with Crippen molar-refractivity contribution in [1.29, 1.82) is 0 Å². The Balaban J connectivity index is 2.32. The highest BCUT2D eigenvalue weighted by Gasteiger charge is 2.20. The van der Waals surface area contributed by atoms with Gasteiger partial charge in [-0.2, -0.15) is 0 Å². The van der Waals surface area contributed by atoms with Crippen LogP contribution in [0.2, 0.25) is 0 Å². The summed E-state index contributed by atoms with van der Waals surface area (Å²) in [6.45, 7) is 11.3. The zero-order chi connectivity index (χ0) is 16.0. The number of ether oxygens (including phenoxy) is 1. The molecule has 0 saturated heterocycles. The molecule has 0 fully saturated rings. The molecule has 0 aliphatic heterocycles. The number of nitrogens with zero attached hydrogens (tertiary/aromatic N) is 1. The van der Waals surface area contributed by atoms with Gasteiger partial charge in [-0.25, -0.2) is 4.79 Å². The Kier molecular flexibility index (Phi) is 6.27. The summed E-state index contributed by atoms with van der Waals surface area (Å²) in [4.78, 5) is 13.5. The molecule has 1 rings (SSSR count). The van der Waals surface area contributed by atoms with E-state index in [9.17, 15) is 4.79 Å². The van der Waals surface area contributed by atoms with Gasteiger partial charge in [-0.15, -0.1) is 0 Å². The highest BCUT2D eigenvalue weighted by atomic mass is 16.6. The predicted octanol–water partition coefficient (Wildman–Crippen LogP) is 3.43. The molecule has 0 radical (unpaired) electrons. The molecule has 2 unspecified atom stereocenters. The first-order valence-electron chi connectivity index (χ1n) is 7.38. The predicted molar refractivity (Wildman–Crippen MR) is 83.2 cm³/mol. The van der Waals surface area contributed by atoms with Gasteiger partial charge in [-0.3, -0.25) is 0 Å². The number of carbonyl (C=O) groups is 1. The minimum absolute atomic E-state index is 0.234. The monoisotopic (exact) mass is 296 g/mol. The number of hydrogen-bond acceptors (Lipinski definition) is 4. The van der Waals surface area contributed by atoms with Crippen LogP contribution in [0.1, 0.15) is 46.2 Å². The molecule has 0 aliphatic rings. The molecule has 1 amide bonds. The Hall–Kier alpha value is -1.49. The van der Waals surface area contributed by atoms with Gasteiger partial charge >= 0.3 is 6.09 Å². The van der Waals surface area contributed by atoms with Crippen molar-refractivity contribution >= 4 is 6.09 Å². The smallest absolute Gasteiger partial charge is 0.410 e. The normalized spacial score (nSPS) is 14.6. The highest BCUT2D eigenvalue weighted by molar-refractivity contribution is 5.67. The van der Waals surface area contributed by atoms with E-state index in [1.165, 1.54) is 0 Å². The quantitative estimate of drug-likeness (QED) is 0.873. The van der Waals surface area contributed by atoms with Crippen LogP contribution in [0, 0.1) is 5.92 Å². The molecule has 1 N–H and O–H groups in total. The van der Waals surface area contributed by atoms with Gasteiger partial charge in [0.05, 0.1) is 12.5 Å². The van der Waals surface area contributed by atoms with Crippen LogP contribution in [-0.4, -0.2) is 36.7 Å². The van der Waals surface area contributed by atoms with Crippen molar-refractivity contribution in [1.82, 2.24) is 10.2 Å². The molecular weight excluding hydrogens is 268 g/mol. The maximum Gasteiger partial charge on any atom is 0.410 e. The van der Waals surface area contributed by atoms with E-state index in [4.69, 9.17) is 9.15 Å². The lowest BCUT2D eigenvalue weighted by Gasteiger charge is -2.27. The van der Waals surface area contributed by atoms with Gasteiger partial charge in [-0.1, -0.05) is 6.92 Å². The number of nitrogens with one attached hydrogen (secondary N) is 1. The Morgan fingerprint density at radius 1 is 1.43 bits per heavy atom. The van der Waals surface area contributed by atoms with Crippen molar-refractivity contribution in [3.8, 4) is 0 Å². The van der Waals surface area contributed by atoms with Crippen LogP contribution in [0.5, 0.6) is 0 Å². The number of hydrogen-bond donors (Lipinski definition) is 1. The van der Waals surface area contributed by atoms with E-state index in [1.54, 1.807) is 24.5 Å². The van der Waals surface area contributed by atoms with Crippen LogP contribution in [0.25, 0.3) is 0 Å². The molecule has 5 heteroatoms. The van der Waals surface area contributed by atoms with Crippen LogP contribution in [-0.2, 0) is 4.74 Å². The van der Waals surface area contributed by atoms with Gasteiger partial charge in [0.25, 0.3) is 0 Å². The highest BCUT2D eigenvalue weighted by Crippen LogP contribution is 2.13. The summed E-state index contributed by atoms with van der Waals surface area (Å²) in [5, 5.41) is 3.44. The van der Waals surface area contributed by atoms with Crippen LogP contribution < -0.4 is 5.32 Å². The molecule has 1 aromatic heterocycles. The van der Waals surface area contributed by atoms with E-state index in [1.807, 2.05) is 26.8 Å². The molecule has 120 valence electrons. The molecule has 5 nitrogen and oxygen atoms in total. The molecule has 0 aliphatic carbocycles. The Morgan fingerprint density at radius 3 is 2.62 bits per heavy atom. The molecule has 1 heterocycles. The topological polar surface area (TPSA) is 54.7 Å². The molecule has 0 aromatic carbocycles. The Morgan fingerprint density at radius 2 is 2.10 bits per heavy atom. The molecule has 2 atom stereocenters. The van der Waals surface area contributed by atoms with Crippen molar-refractivity contribution in [3.63, 3.8) is 0 Å². The number of furan rings is 1. The van der Waals surface area contributed by atoms with Gasteiger partial charge < -0.3 is 19.4 Å². The first-order valence-corrected chi connectivity index (χ1v) is 7.38. The number of rotatable bonds is 6. The van der Waals surface area contributed by atoms with E-state index in [0.717, 1.165) is 12.1 Å². The van der Waals surface area contributed by atoms with Crippen LogP contribution in [0.4, 0.5) is 4.79 Å². The van der Waals surface area contributed by atoms with Crippen molar-refractivity contribution in [2.45, 2.75) is 46.3 Å². The zero-order valence-corrected chi connectivity index (χ0v) is 14.0. The summed E-state index contributed by atoms with van der Waals surface area (Å²) in [5.74, 6) is 0.330. The van der Waals surface area contributed by atoms with Gasteiger partial charge in [0.1, 0.15) is 5.60 Å². The largest absolute Gasteiger partial charge is 0.472 e. The second-order valence-electron chi connectivity index (χ2n) is 6.65. The third-order valence-electron chi connectivity index (χ3n) is 3.11. The summed E-state index contributed by atoms with van der Waals surface area (Å²) in [7, 11) is 1.77. The molecule has 1 aromatic rings. The second kappa shape index (κ2) is 7.50. The summed E-state index contributed by atoms with van der Waals surface area (Å²) in [6, 6.07) is 2.19. The molecule has 21 heavy (non-hydrogen) atoms. The van der Waals surface area contributed by atoms with E-state index in [-0.39, 0.29) is 12.1 Å². The van der Waals surface area contributed by atoms with Gasteiger partial charge in [-0.05, 0) is 46.2 Å². The van der Waals surface area contributed by atoms with E-state index in [2.05, 4.69) is 19.2 Å². The maximum absolute atomic E-state index is 11.9. The van der Waals surface area contributed by atoms with E-state index >= 15 is 0 Å². The summed E-state index contributed by atoms with van der Waals surface area (Å²) >= 11 is 0. The lowest BCUT2D eigenvalue weighted by molar-refractivity contribution is 0.0276. The van der Waals surface area contributed by atoms with Gasteiger partial charge in [0.15, 0.2) is 0 Å². The van der Waals surface area contributed by atoms with Crippen molar-refractivity contribution < 1.29 is 13.9 Å². The van der Waals surface area contributed by atoms with Crippen LogP contribution >= 0.6 is 0 Å². The fourth-order valence-electron chi connectivity index (χ4n) is 1.96. The molecular formula is C16H28N2O3. The van der Waals surface area contributed by atoms with E-state index < -0.39 is 5.60 Å². The third-order valence-corrected chi connectivity index (χ3v) is 3.11. The fourth-order valence-corrected chi connectivity index (χ4v) is 1.96.